The molecule has 0 aromatic heterocycles. The third-order valence-corrected chi connectivity index (χ3v) is 4.82. The van der Waals surface area contributed by atoms with Crippen molar-refractivity contribution in [2.24, 2.45) is 0 Å². The van der Waals surface area contributed by atoms with Crippen molar-refractivity contribution in [3.05, 3.63) is 0 Å². The fourth-order valence-corrected chi connectivity index (χ4v) is 3.18. The molecule has 136 valence electrons. The second kappa shape index (κ2) is 15.0. The van der Waals surface area contributed by atoms with Gasteiger partial charge in [0.15, 0.2) is 0 Å². The molecule has 0 aromatic carbocycles. The van der Waals surface area contributed by atoms with Crippen LogP contribution in [-0.2, 0) is 9.53 Å². The van der Waals surface area contributed by atoms with Gasteiger partial charge in [0.1, 0.15) is 0 Å². The normalized spacial score (nSPS) is 16.6. The monoisotopic (exact) mass is 326 g/mol. The number of epoxide rings is 1. The molecule has 1 saturated heterocycles. The number of rotatable bonds is 18. The van der Waals surface area contributed by atoms with Crippen molar-refractivity contribution in [1.82, 2.24) is 0 Å². The maximum Gasteiger partial charge on any atom is 0.303 e. The van der Waals surface area contributed by atoms with E-state index in [9.17, 15) is 4.79 Å². The molecule has 1 atom stereocenters. The van der Waals surface area contributed by atoms with Gasteiger partial charge in [-0.25, -0.2) is 0 Å². The van der Waals surface area contributed by atoms with E-state index in [1.807, 2.05) is 0 Å². The Morgan fingerprint density at radius 3 is 1.39 bits per heavy atom. The minimum atomic E-state index is -0.655. The zero-order chi connectivity index (χ0) is 16.6. The van der Waals surface area contributed by atoms with Gasteiger partial charge in [-0.05, 0) is 12.8 Å². The van der Waals surface area contributed by atoms with Crippen LogP contribution < -0.4 is 0 Å². The highest BCUT2D eigenvalue weighted by molar-refractivity contribution is 5.66. The van der Waals surface area contributed by atoms with Crippen LogP contribution in [0.25, 0.3) is 0 Å². The van der Waals surface area contributed by atoms with Crippen molar-refractivity contribution >= 4 is 5.97 Å². The molecule has 1 aliphatic heterocycles. The van der Waals surface area contributed by atoms with E-state index in [2.05, 4.69) is 0 Å². The number of carboxylic acid groups (broad SMARTS) is 1. The van der Waals surface area contributed by atoms with E-state index in [0.29, 0.717) is 12.5 Å². The molecule has 1 heterocycles. The fourth-order valence-electron chi connectivity index (χ4n) is 3.18. The summed E-state index contributed by atoms with van der Waals surface area (Å²) in [5, 5.41) is 8.55. The van der Waals surface area contributed by atoms with Gasteiger partial charge in [-0.2, -0.15) is 0 Å². The van der Waals surface area contributed by atoms with Crippen LogP contribution >= 0.6 is 0 Å². The zero-order valence-corrected chi connectivity index (χ0v) is 15.1. The first-order valence-electron chi connectivity index (χ1n) is 10.1. The summed E-state index contributed by atoms with van der Waals surface area (Å²) in [6.07, 6.45) is 22.0. The van der Waals surface area contributed by atoms with Crippen molar-refractivity contribution in [2.75, 3.05) is 6.61 Å². The summed E-state index contributed by atoms with van der Waals surface area (Å²) in [6.45, 7) is 1.02. The molecule has 1 N–H and O–H groups in total. The van der Waals surface area contributed by atoms with Crippen LogP contribution in [0.5, 0.6) is 0 Å². The number of ether oxygens (including phenoxy) is 1. The van der Waals surface area contributed by atoms with Gasteiger partial charge in [-0.1, -0.05) is 89.9 Å². The topological polar surface area (TPSA) is 49.8 Å². The number of carbonyl (C=O) groups is 1. The summed E-state index contributed by atoms with van der Waals surface area (Å²) < 4.78 is 5.22. The standard InChI is InChI=1S/C20H38O3/c21-20(22)17-15-13-11-9-7-5-3-1-2-4-6-8-10-12-14-16-19-18-23-19/h19H,1-18H2,(H,21,22). The largest absolute Gasteiger partial charge is 0.481 e. The number of unbranched alkanes of at least 4 members (excludes halogenated alkanes) is 14. The van der Waals surface area contributed by atoms with Crippen LogP contribution in [0.4, 0.5) is 0 Å². The molecule has 23 heavy (non-hydrogen) atoms. The van der Waals surface area contributed by atoms with E-state index < -0.39 is 5.97 Å². The molecule has 0 radical (unpaired) electrons. The molecule has 3 heteroatoms. The Bertz CT molecular complexity index is 274. The van der Waals surface area contributed by atoms with Gasteiger partial charge in [0.25, 0.3) is 0 Å². The molecule has 1 rings (SSSR count). The molecule has 1 unspecified atom stereocenters. The van der Waals surface area contributed by atoms with Crippen LogP contribution in [-0.4, -0.2) is 23.8 Å². The van der Waals surface area contributed by atoms with Crippen LogP contribution in [0.15, 0.2) is 0 Å². The number of hydrogen-bond donors (Lipinski definition) is 1. The van der Waals surface area contributed by atoms with Gasteiger partial charge in [0.05, 0.1) is 12.7 Å². The highest BCUT2D eigenvalue weighted by Gasteiger charge is 2.20. The Balaban J connectivity index is 1.61. The molecule has 0 amide bonds. The summed E-state index contributed by atoms with van der Waals surface area (Å²) in [6, 6.07) is 0. The molecule has 0 aromatic rings. The smallest absolute Gasteiger partial charge is 0.303 e. The SMILES string of the molecule is O=C(O)CCCCCCCCCCCCCCCCCC1CO1. The predicted octanol–water partition coefficient (Wildman–Crippen LogP) is 6.10. The number of carboxylic acids is 1. The summed E-state index contributed by atoms with van der Waals surface area (Å²) in [7, 11) is 0. The lowest BCUT2D eigenvalue weighted by Gasteiger charge is -2.03. The molecule has 0 aliphatic carbocycles. The van der Waals surface area contributed by atoms with E-state index in [0.717, 1.165) is 19.4 Å². The van der Waals surface area contributed by atoms with E-state index in [1.54, 1.807) is 0 Å². The second-order valence-corrected chi connectivity index (χ2v) is 7.19. The average molecular weight is 327 g/mol. The van der Waals surface area contributed by atoms with Gasteiger partial charge in [-0.15, -0.1) is 0 Å². The van der Waals surface area contributed by atoms with Gasteiger partial charge >= 0.3 is 5.97 Å². The van der Waals surface area contributed by atoms with Crippen LogP contribution in [0.2, 0.25) is 0 Å². The Morgan fingerprint density at radius 1 is 0.696 bits per heavy atom. The van der Waals surface area contributed by atoms with Crippen molar-refractivity contribution in [3.8, 4) is 0 Å². The minimum absolute atomic E-state index is 0.342. The predicted molar refractivity (Wildman–Crippen MR) is 95.9 cm³/mol. The van der Waals surface area contributed by atoms with E-state index in [1.165, 1.54) is 89.9 Å². The molecular weight excluding hydrogens is 288 g/mol. The molecule has 3 nitrogen and oxygen atoms in total. The van der Waals surface area contributed by atoms with Crippen LogP contribution in [0.3, 0.4) is 0 Å². The van der Waals surface area contributed by atoms with Gasteiger partial charge in [-0.3, -0.25) is 4.79 Å². The van der Waals surface area contributed by atoms with E-state index >= 15 is 0 Å². The van der Waals surface area contributed by atoms with Gasteiger partial charge in [0, 0.05) is 6.42 Å². The fraction of sp³-hybridized carbons (Fsp3) is 0.950. The van der Waals surface area contributed by atoms with E-state index in [4.69, 9.17) is 9.84 Å². The lowest BCUT2D eigenvalue weighted by atomic mass is 10.0. The number of hydrogen-bond acceptors (Lipinski definition) is 2. The molecular formula is C20H38O3. The summed E-state index contributed by atoms with van der Waals surface area (Å²) in [5.41, 5.74) is 0. The first kappa shape index (κ1) is 20.5. The third-order valence-electron chi connectivity index (χ3n) is 4.82. The lowest BCUT2D eigenvalue weighted by Crippen LogP contribution is -1.93. The first-order valence-corrected chi connectivity index (χ1v) is 10.1. The summed E-state index contributed by atoms with van der Waals surface area (Å²) >= 11 is 0. The van der Waals surface area contributed by atoms with Crippen molar-refractivity contribution in [3.63, 3.8) is 0 Å². The van der Waals surface area contributed by atoms with Crippen LogP contribution in [0.1, 0.15) is 109 Å². The first-order chi connectivity index (χ1) is 11.3. The van der Waals surface area contributed by atoms with Crippen molar-refractivity contribution in [2.45, 2.75) is 115 Å². The van der Waals surface area contributed by atoms with Crippen LogP contribution in [0, 0.1) is 0 Å². The molecule has 1 fully saturated rings. The maximum atomic E-state index is 10.4. The Hall–Kier alpha value is -0.570. The third kappa shape index (κ3) is 16.1. The quantitative estimate of drug-likeness (QED) is 0.244. The highest BCUT2D eigenvalue weighted by Crippen LogP contribution is 2.18. The van der Waals surface area contributed by atoms with Gasteiger partial charge in [0.2, 0.25) is 0 Å². The number of aliphatic carboxylic acids is 1. The average Bonchev–Trinajstić information content (AvgIpc) is 3.34. The summed E-state index contributed by atoms with van der Waals surface area (Å²) in [5.74, 6) is -0.655. The van der Waals surface area contributed by atoms with Gasteiger partial charge < -0.3 is 9.84 Å². The van der Waals surface area contributed by atoms with Crippen molar-refractivity contribution < 1.29 is 14.6 Å². The Kier molecular flexibility index (Phi) is 13.3. The zero-order valence-electron chi connectivity index (χ0n) is 15.1. The molecule has 0 bridgehead atoms. The molecule has 1 aliphatic rings. The Labute approximate surface area is 143 Å². The highest BCUT2D eigenvalue weighted by atomic mass is 16.6. The second-order valence-electron chi connectivity index (χ2n) is 7.19. The summed E-state index contributed by atoms with van der Waals surface area (Å²) in [4.78, 5) is 10.4. The van der Waals surface area contributed by atoms with Crippen molar-refractivity contribution in [1.29, 1.82) is 0 Å². The molecule has 0 spiro atoms. The molecule has 0 saturated carbocycles. The Morgan fingerprint density at radius 2 is 1.04 bits per heavy atom. The maximum absolute atomic E-state index is 10.4. The minimum Gasteiger partial charge on any atom is -0.481 e. The lowest BCUT2D eigenvalue weighted by molar-refractivity contribution is -0.137. The van der Waals surface area contributed by atoms with E-state index in [-0.39, 0.29) is 0 Å².